The second-order valence-electron chi connectivity index (χ2n) is 27.1. The molecule has 0 fully saturated rings. The summed E-state index contributed by atoms with van der Waals surface area (Å²) in [4.78, 5) is 62.7. The van der Waals surface area contributed by atoms with Crippen LogP contribution in [0.5, 0.6) is 23.0 Å². The van der Waals surface area contributed by atoms with Gasteiger partial charge in [-0.1, -0.05) is 93.8 Å². The number of hydrogen-bond acceptors (Lipinski definition) is 29. The highest BCUT2D eigenvalue weighted by Gasteiger charge is 2.25. The molecule has 0 aliphatic rings. The summed E-state index contributed by atoms with van der Waals surface area (Å²) in [7, 11) is 6.51. The van der Waals surface area contributed by atoms with Crippen molar-refractivity contribution in [2.75, 3.05) is 84.4 Å². The number of nitrogens with two attached hydrogens (primary N) is 4. The molecule has 12 aromatic heterocycles. The fourth-order valence-electron chi connectivity index (χ4n) is 12.3. The molecule has 0 aliphatic carbocycles. The largest absolute Gasteiger partial charge is 0.508 e. The van der Waals surface area contributed by atoms with E-state index in [0.29, 0.717) is 99.0 Å². The molecule has 12 aromatic rings. The first kappa shape index (κ1) is 89.8. The van der Waals surface area contributed by atoms with E-state index in [1.54, 1.807) is 78.7 Å². The summed E-state index contributed by atoms with van der Waals surface area (Å²) >= 11 is 25.3. The number of methoxy groups -OCH3 is 4. The van der Waals surface area contributed by atoms with E-state index in [2.05, 4.69) is 107 Å². The molecular formula is C81H88Cl4N20O13. The Morgan fingerprint density at radius 2 is 0.737 bits per heavy atom. The predicted molar refractivity (Wildman–Crippen MR) is 449 cm³/mol. The van der Waals surface area contributed by atoms with E-state index >= 15 is 0 Å². The Morgan fingerprint density at radius 3 is 1.00 bits per heavy atom. The SMILES string of the molecule is CCOC(=O)OCCC#Cc1cn(Cc2ncc(C)c(OC)c2C)c2nc(N)nc(Cl)c12.COc1c(C)cnc(Cn2cc(C#C[C@@H](O)CO)c3c(Cl)nc(N)nc32)c1C.COc1c(C)cnc(Cn2cc(C#C[C@@](C)(O)CO)c3c(Cl)nc(N)nc32)c1C.COc1c(C)cnc(Cn2cc(C#C[C@](C)(O)CO)c3c(Cl)nc(N)nc32)c1C. The number of pyridine rings is 4. The Balaban J connectivity index is 0.000000180. The third kappa shape index (κ3) is 21.2. The number of fused-ring (bicyclic) bond motifs is 4. The molecule has 0 radical (unpaired) electrons. The smallest absolute Gasteiger partial charge is 0.496 e. The van der Waals surface area contributed by atoms with Gasteiger partial charge in [0, 0.05) is 101 Å². The molecule has 37 heteroatoms. The van der Waals surface area contributed by atoms with E-state index < -0.39 is 43.3 Å². The molecule has 0 amide bonds. The van der Waals surface area contributed by atoms with Crippen LogP contribution in [0, 0.1) is 103 Å². The molecule has 3 atom stereocenters. The highest BCUT2D eigenvalue weighted by molar-refractivity contribution is 6.36. The van der Waals surface area contributed by atoms with Crippen LogP contribution in [0.4, 0.5) is 28.6 Å². The summed E-state index contributed by atoms with van der Waals surface area (Å²) in [5, 5.41) is 59.8. The normalized spacial score (nSPS) is 12.1. The molecule has 0 aliphatic heterocycles. The summed E-state index contributed by atoms with van der Waals surface area (Å²) in [6, 6.07) is 0. The van der Waals surface area contributed by atoms with Crippen LogP contribution < -0.4 is 41.9 Å². The van der Waals surface area contributed by atoms with E-state index in [0.717, 1.165) is 90.3 Å². The number of carbonyl (C=O) groups is 1. The molecule has 0 saturated carbocycles. The van der Waals surface area contributed by atoms with Gasteiger partial charge in [0.15, 0.2) is 0 Å². The van der Waals surface area contributed by atoms with Crippen molar-refractivity contribution in [1.82, 2.24) is 78.1 Å². The third-order valence-corrected chi connectivity index (χ3v) is 19.2. The van der Waals surface area contributed by atoms with Crippen molar-refractivity contribution in [3.05, 3.63) is 160 Å². The van der Waals surface area contributed by atoms with E-state index in [-0.39, 0.29) is 57.6 Å². The number of nitrogen functional groups attached to an aromatic ring is 4. The van der Waals surface area contributed by atoms with Gasteiger partial charge in [-0.05, 0) is 76.2 Å². The van der Waals surface area contributed by atoms with Gasteiger partial charge < -0.3 is 100 Å². The molecular weight excluding hydrogens is 1600 g/mol. The number of halogens is 4. The van der Waals surface area contributed by atoms with Crippen LogP contribution >= 0.6 is 46.4 Å². The van der Waals surface area contributed by atoms with Crippen LogP contribution in [0.15, 0.2) is 49.6 Å². The van der Waals surface area contributed by atoms with Crippen molar-refractivity contribution in [3.8, 4) is 70.4 Å². The Bertz CT molecular complexity index is 5880. The summed E-state index contributed by atoms with van der Waals surface area (Å²) in [5.74, 6) is 25.7. The lowest BCUT2D eigenvalue weighted by Crippen LogP contribution is -2.26. The number of rotatable bonds is 18. The molecule has 618 valence electrons. The zero-order valence-electron chi connectivity index (χ0n) is 67.3. The number of carbonyl (C=O) groups excluding carboxylic acids is 1. The standard InChI is InChI=1S/C22H24ClN5O4.2C20H22ClN5O3.C19H20ClN5O3/c1-5-31-22(29)32-9-7-6-8-15-11-28(20-17(15)19(23)26-21(24)27-20)12-16-14(3)18(30-4)13(2)10-25-16;2*1-11-7-23-14(12(2)16(11)29-4)9-26-8-13(5-6-20(3,28)10-27)15-17(21)24-19(22)25-18(15)26;1-10-6-22-14(11(2)16(10)28-3)8-25-7-12(4-5-13(27)9-26)15-17(20)23-19(21)24-18(15)25/h10-11H,5,7,9,12H2,1-4H3,(H2,24,26,27);2*7-8,27-28H,9-10H2,1-4H3,(H2,22,24,25);6-7,13,26-27H,8-9H2,1-3H3,(H2,21,23,24)/t;2*20-;13-/m.101/s1. The van der Waals surface area contributed by atoms with Crippen LogP contribution in [0.25, 0.3) is 44.1 Å². The van der Waals surface area contributed by atoms with Crippen molar-refractivity contribution in [3.63, 3.8) is 0 Å². The van der Waals surface area contributed by atoms with Gasteiger partial charge in [0.2, 0.25) is 23.8 Å². The fourth-order valence-corrected chi connectivity index (χ4v) is 13.3. The van der Waals surface area contributed by atoms with Gasteiger partial charge in [-0.2, -0.15) is 19.9 Å². The quantitative estimate of drug-likeness (QED) is 0.0166. The Kier molecular flexibility index (Phi) is 29.9. The average Bonchev–Trinajstić information content (AvgIpc) is 1.63. The third-order valence-electron chi connectivity index (χ3n) is 18.1. The molecule has 0 saturated heterocycles. The van der Waals surface area contributed by atoms with Gasteiger partial charge in [0.1, 0.15) is 90.1 Å². The van der Waals surface area contributed by atoms with Crippen LogP contribution in [-0.2, 0) is 35.7 Å². The number of aliphatic hydroxyl groups excluding tert-OH is 4. The minimum Gasteiger partial charge on any atom is -0.496 e. The van der Waals surface area contributed by atoms with E-state index in [1.807, 2.05) is 79.9 Å². The first-order chi connectivity index (χ1) is 56.0. The summed E-state index contributed by atoms with van der Waals surface area (Å²) in [6.45, 7) is 20.5. The summed E-state index contributed by atoms with van der Waals surface area (Å²) in [6.07, 6.45) is 12.6. The zero-order chi connectivity index (χ0) is 86.4. The number of aromatic nitrogens is 16. The fraction of sp³-hybridized carbons (Fsp3) is 0.346. The van der Waals surface area contributed by atoms with Crippen LogP contribution in [0.3, 0.4) is 0 Å². The van der Waals surface area contributed by atoms with Crippen molar-refractivity contribution in [2.45, 2.75) is 126 Å². The Morgan fingerprint density at radius 1 is 0.458 bits per heavy atom. The first-order valence-electron chi connectivity index (χ1n) is 36.1. The molecule has 0 bridgehead atoms. The lowest BCUT2D eigenvalue weighted by atomic mass is 10.1. The van der Waals surface area contributed by atoms with E-state index in [4.69, 9.17) is 103 Å². The van der Waals surface area contributed by atoms with Gasteiger partial charge in [0.05, 0.1) is 148 Å². The van der Waals surface area contributed by atoms with Crippen LogP contribution in [0.1, 0.15) is 117 Å². The first-order valence-corrected chi connectivity index (χ1v) is 37.6. The second-order valence-corrected chi connectivity index (χ2v) is 28.5. The molecule has 33 nitrogen and oxygen atoms in total. The maximum Gasteiger partial charge on any atom is 0.508 e. The molecule has 14 N–H and O–H groups in total. The minimum absolute atomic E-state index is 0.0369. The lowest BCUT2D eigenvalue weighted by molar-refractivity contribution is 0.0517. The molecule has 0 aromatic carbocycles. The predicted octanol–water partition coefficient (Wildman–Crippen LogP) is 8.75. The highest BCUT2D eigenvalue weighted by Crippen LogP contribution is 2.36. The maximum atomic E-state index is 11.2. The van der Waals surface area contributed by atoms with Crippen molar-refractivity contribution in [2.24, 2.45) is 0 Å². The van der Waals surface area contributed by atoms with Crippen molar-refractivity contribution < 1.29 is 63.9 Å². The van der Waals surface area contributed by atoms with Gasteiger partial charge >= 0.3 is 6.16 Å². The molecule has 12 heterocycles. The zero-order valence-corrected chi connectivity index (χ0v) is 70.3. The average molecular weight is 1690 g/mol. The van der Waals surface area contributed by atoms with Gasteiger partial charge in [0.25, 0.3) is 0 Å². The Labute approximate surface area is 699 Å². The maximum absolute atomic E-state index is 11.2. The molecule has 0 unspecified atom stereocenters. The lowest BCUT2D eigenvalue weighted by Gasteiger charge is -2.13. The number of aliphatic hydroxyl groups is 6. The minimum atomic E-state index is -1.54. The summed E-state index contributed by atoms with van der Waals surface area (Å²) < 4.78 is 38.9. The molecule has 118 heavy (non-hydrogen) atoms. The van der Waals surface area contributed by atoms with E-state index in [9.17, 15) is 30.3 Å². The van der Waals surface area contributed by atoms with Gasteiger partial charge in [-0.25, -0.2) is 24.7 Å². The second kappa shape index (κ2) is 39.2. The monoisotopic (exact) mass is 1690 g/mol. The van der Waals surface area contributed by atoms with Gasteiger partial charge in [-0.15, -0.1) is 0 Å². The van der Waals surface area contributed by atoms with Crippen molar-refractivity contribution >= 4 is 120 Å². The number of anilines is 4. The number of hydrogen-bond donors (Lipinski definition) is 10. The highest BCUT2D eigenvalue weighted by atomic mass is 35.5. The number of ether oxygens (including phenoxy) is 6. The topological polar surface area (TPSA) is 472 Å². The van der Waals surface area contributed by atoms with Crippen LogP contribution in [0.2, 0.25) is 20.6 Å². The van der Waals surface area contributed by atoms with Gasteiger partial charge in [-0.3, -0.25) is 19.9 Å². The Hall–Kier alpha value is -12.1. The van der Waals surface area contributed by atoms with Crippen LogP contribution in [-0.4, -0.2) is 194 Å². The molecule has 12 rings (SSSR count). The van der Waals surface area contributed by atoms with Crippen molar-refractivity contribution in [1.29, 1.82) is 0 Å². The summed E-state index contributed by atoms with van der Waals surface area (Å²) in [5.41, 5.74) is 35.0. The number of aryl methyl sites for hydroxylation is 4. The van der Waals surface area contributed by atoms with E-state index in [1.165, 1.54) is 13.8 Å². The molecule has 0 spiro atoms. The number of nitrogens with zero attached hydrogens (tertiary/aromatic N) is 16.